The quantitative estimate of drug-likeness (QED) is 0.777. The van der Waals surface area contributed by atoms with Crippen molar-refractivity contribution in [3.8, 4) is 0 Å². The van der Waals surface area contributed by atoms with Crippen LogP contribution in [0.3, 0.4) is 0 Å². The van der Waals surface area contributed by atoms with E-state index in [1.54, 1.807) is 16.9 Å². The highest BCUT2D eigenvalue weighted by atomic mass is 32.2. The standard InChI is InChI=1S/C17H32N4O2S/c1-14(2)13-20-12-6-5-7-16(20)8-11-19-24(22,23)17-9-10-18-21(17)15(3)4/h9-10,14-16,19H,5-8,11-13H2,1-4H3/t16-/m1/s1. The van der Waals surface area contributed by atoms with Gasteiger partial charge in [0.05, 0.1) is 6.20 Å². The first kappa shape index (κ1) is 19.4. The minimum Gasteiger partial charge on any atom is -0.300 e. The monoisotopic (exact) mass is 356 g/mol. The zero-order valence-corrected chi connectivity index (χ0v) is 16.2. The van der Waals surface area contributed by atoms with Crippen molar-refractivity contribution < 1.29 is 8.42 Å². The second-order valence-electron chi connectivity index (χ2n) is 7.43. The van der Waals surface area contributed by atoms with Crippen LogP contribution in [-0.2, 0) is 10.0 Å². The van der Waals surface area contributed by atoms with E-state index in [1.807, 2.05) is 13.8 Å². The summed E-state index contributed by atoms with van der Waals surface area (Å²) in [5.74, 6) is 0.641. The molecule has 0 radical (unpaired) electrons. The lowest BCUT2D eigenvalue weighted by molar-refractivity contribution is 0.126. The fourth-order valence-electron chi connectivity index (χ4n) is 3.43. The Morgan fingerprint density at radius 1 is 1.29 bits per heavy atom. The van der Waals surface area contributed by atoms with Crippen LogP contribution in [0.1, 0.15) is 59.4 Å². The molecule has 2 rings (SSSR count). The summed E-state index contributed by atoms with van der Waals surface area (Å²) in [4.78, 5) is 2.53. The van der Waals surface area contributed by atoms with Crippen molar-refractivity contribution in [1.82, 2.24) is 19.4 Å². The van der Waals surface area contributed by atoms with Crippen LogP contribution in [-0.4, -0.2) is 48.8 Å². The summed E-state index contributed by atoms with van der Waals surface area (Å²) in [6.07, 6.45) is 6.06. The smallest absolute Gasteiger partial charge is 0.257 e. The molecule has 0 amide bonds. The summed E-state index contributed by atoms with van der Waals surface area (Å²) in [6, 6.07) is 2.07. The molecule has 1 aliphatic heterocycles. The van der Waals surface area contributed by atoms with E-state index in [2.05, 4.69) is 28.6 Å². The van der Waals surface area contributed by atoms with Crippen LogP contribution in [0.25, 0.3) is 0 Å². The first-order valence-electron chi connectivity index (χ1n) is 9.08. The molecule has 0 bridgehead atoms. The van der Waals surface area contributed by atoms with Gasteiger partial charge in [-0.15, -0.1) is 0 Å². The Bertz CT molecular complexity index is 610. The Morgan fingerprint density at radius 3 is 2.71 bits per heavy atom. The number of aromatic nitrogens is 2. The lowest BCUT2D eigenvalue weighted by atomic mass is 9.98. The van der Waals surface area contributed by atoms with Gasteiger partial charge in [0.1, 0.15) is 0 Å². The minimum absolute atomic E-state index is 0.0199. The predicted octanol–water partition coefficient (Wildman–Crippen LogP) is 2.64. The second kappa shape index (κ2) is 8.45. The van der Waals surface area contributed by atoms with E-state index in [9.17, 15) is 8.42 Å². The topological polar surface area (TPSA) is 67.2 Å². The Labute approximate surface area is 146 Å². The number of rotatable bonds is 8. The van der Waals surface area contributed by atoms with Crippen LogP contribution in [0, 0.1) is 5.92 Å². The van der Waals surface area contributed by atoms with Crippen molar-refractivity contribution in [2.24, 2.45) is 5.92 Å². The van der Waals surface area contributed by atoms with Crippen LogP contribution >= 0.6 is 0 Å². The van der Waals surface area contributed by atoms with Crippen LogP contribution in [0.5, 0.6) is 0 Å². The van der Waals surface area contributed by atoms with Crippen LogP contribution < -0.4 is 4.72 Å². The number of nitrogens with one attached hydrogen (secondary N) is 1. The Kier molecular flexibility index (Phi) is 6.83. The number of nitrogens with zero attached hydrogens (tertiary/aromatic N) is 3. The summed E-state index contributed by atoms with van der Waals surface area (Å²) in [5.41, 5.74) is 0. The van der Waals surface area contributed by atoms with Gasteiger partial charge in [-0.1, -0.05) is 20.3 Å². The van der Waals surface area contributed by atoms with Gasteiger partial charge in [-0.25, -0.2) is 13.1 Å². The van der Waals surface area contributed by atoms with Crippen molar-refractivity contribution in [1.29, 1.82) is 0 Å². The lowest BCUT2D eigenvalue weighted by Crippen LogP contribution is -2.43. The summed E-state index contributed by atoms with van der Waals surface area (Å²) >= 11 is 0. The molecule has 1 fully saturated rings. The highest BCUT2D eigenvalue weighted by Gasteiger charge is 2.24. The molecule has 0 aromatic carbocycles. The summed E-state index contributed by atoms with van der Waals surface area (Å²) < 4.78 is 29.4. The molecule has 1 N–H and O–H groups in total. The van der Waals surface area contributed by atoms with Gasteiger partial charge in [0.15, 0.2) is 5.03 Å². The first-order valence-corrected chi connectivity index (χ1v) is 10.6. The highest BCUT2D eigenvalue weighted by molar-refractivity contribution is 7.89. The summed E-state index contributed by atoms with van der Waals surface area (Å²) in [5, 5.41) is 4.36. The fraction of sp³-hybridized carbons (Fsp3) is 0.824. The fourth-order valence-corrected chi connectivity index (χ4v) is 4.71. The average Bonchev–Trinajstić information content (AvgIpc) is 2.99. The average molecular weight is 357 g/mol. The van der Waals surface area contributed by atoms with Gasteiger partial charge >= 0.3 is 0 Å². The molecule has 1 atom stereocenters. The van der Waals surface area contributed by atoms with Gasteiger partial charge in [-0.05, 0) is 51.6 Å². The van der Waals surface area contributed by atoms with E-state index >= 15 is 0 Å². The predicted molar refractivity (Wildman–Crippen MR) is 96.5 cm³/mol. The van der Waals surface area contributed by atoms with E-state index in [-0.39, 0.29) is 11.1 Å². The van der Waals surface area contributed by atoms with E-state index in [4.69, 9.17) is 0 Å². The molecule has 0 spiro atoms. The highest BCUT2D eigenvalue weighted by Crippen LogP contribution is 2.21. The third kappa shape index (κ3) is 5.04. The molecule has 0 aliphatic carbocycles. The molecule has 24 heavy (non-hydrogen) atoms. The van der Waals surface area contributed by atoms with Crippen LogP contribution in [0.4, 0.5) is 0 Å². The van der Waals surface area contributed by atoms with Crippen molar-refractivity contribution >= 4 is 10.0 Å². The molecule has 1 saturated heterocycles. The molecule has 2 heterocycles. The maximum atomic E-state index is 12.5. The molecular weight excluding hydrogens is 324 g/mol. The third-order valence-electron chi connectivity index (χ3n) is 4.52. The summed E-state index contributed by atoms with van der Waals surface area (Å²) in [7, 11) is -3.50. The Morgan fingerprint density at radius 2 is 2.04 bits per heavy atom. The first-order chi connectivity index (χ1) is 11.3. The van der Waals surface area contributed by atoms with Crippen LogP contribution in [0.15, 0.2) is 17.3 Å². The molecule has 1 aromatic heterocycles. The van der Waals surface area contributed by atoms with E-state index < -0.39 is 10.0 Å². The third-order valence-corrected chi connectivity index (χ3v) is 5.97. The number of hydrogen-bond donors (Lipinski definition) is 1. The normalized spacial score (nSPS) is 20.2. The van der Waals surface area contributed by atoms with Gasteiger partial charge < -0.3 is 4.90 Å². The lowest BCUT2D eigenvalue weighted by Gasteiger charge is -2.37. The Hall–Kier alpha value is -0.920. The SMILES string of the molecule is CC(C)CN1CCCC[C@@H]1CCNS(=O)(=O)c1ccnn1C(C)C. The zero-order valence-electron chi connectivity index (χ0n) is 15.4. The van der Waals surface area contributed by atoms with E-state index in [1.165, 1.54) is 19.3 Å². The zero-order chi connectivity index (χ0) is 17.7. The largest absolute Gasteiger partial charge is 0.300 e. The van der Waals surface area contributed by atoms with Crippen molar-refractivity contribution in [2.75, 3.05) is 19.6 Å². The van der Waals surface area contributed by atoms with Gasteiger partial charge in [0, 0.05) is 25.2 Å². The van der Waals surface area contributed by atoms with E-state index in [0.717, 1.165) is 19.5 Å². The maximum Gasteiger partial charge on any atom is 0.257 e. The maximum absolute atomic E-state index is 12.5. The van der Waals surface area contributed by atoms with Crippen molar-refractivity contribution in [3.63, 3.8) is 0 Å². The second-order valence-corrected chi connectivity index (χ2v) is 9.15. The number of piperidine rings is 1. The molecule has 1 aliphatic rings. The minimum atomic E-state index is -3.50. The molecule has 7 heteroatoms. The van der Waals surface area contributed by atoms with Crippen molar-refractivity contribution in [2.45, 2.75) is 70.5 Å². The molecular formula is C17H32N4O2S. The number of likely N-dealkylation sites (tertiary alicyclic amines) is 1. The number of hydrogen-bond acceptors (Lipinski definition) is 4. The summed E-state index contributed by atoms with van der Waals surface area (Å²) in [6.45, 7) is 11.0. The molecule has 1 aromatic rings. The molecule has 0 saturated carbocycles. The van der Waals surface area contributed by atoms with Crippen LogP contribution in [0.2, 0.25) is 0 Å². The van der Waals surface area contributed by atoms with Gasteiger partial charge in [0.25, 0.3) is 10.0 Å². The van der Waals surface area contributed by atoms with Crippen molar-refractivity contribution in [3.05, 3.63) is 12.3 Å². The van der Waals surface area contributed by atoms with Gasteiger partial charge in [-0.2, -0.15) is 5.10 Å². The molecule has 138 valence electrons. The number of sulfonamides is 1. The van der Waals surface area contributed by atoms with Gasteiger partial charge in [0.2, 0.25) is 0 Å². The van der Waals surface area contributed by atoms with Gasteiger partial charge in [-0.3, -0.25) is 4.68 Å². The molecule has 6 nitrogen and oxygen atoms in total. The van der Waals surface area contributed by atoms with E-state index in [0.29, 0.717) is 18.5 Å². The Balaban J connectivity index is 1.93. The molecule has 0 unspecified atom stereocenters.